The summed E-state index contributed by atoms with van der Waals surface area (Å²) in [5.41, 5.74) is -2.33. The fourth-order valence-electron chi connectivity index (χ4n) is 2.45. The Morgan fingerprint density at radius 3 is 2.56 bits per heavy atom. The molecule has 3 rings (SSSR count). The lowest BCUT2D eigenvalue weighted by Gasteiger charge is -2.14. The molecule has 142 valence electrons. The Morgan fingerprint density at radius 2 is 1.93 bits per heavy atom. The molecule has 0 radical (unpaired) electrons. The third kappa shape index (κ3) is 3.29. The summed E-state index contributed by atoms with van der Waals surface area (Å²) in [5, 5.41) is -0.981. The standard InChI is InChI=1S/C16H9F5N2O3S/c1-2-26-15(25)8-5-23(14-13(16(19,20)21)22-6-27-14)11-4-10(18)9(17)3-7(11)12(8)24/h3-6H,2H2,1H3. The van der Waals surface area contributed by atoms with E-state index in [9.17, 15) is 31.5 Å². The molecule has 0 fully saturated rings. The number of thiazole rings is 1. The third-order valence-corrected chi connectivity index (χ3v) is 4.40. The molecule has 0 atom stereocenters. The fourth-order valence-corrected chi connectivity index (χ4v) is 3.25. The van der Waals surface area contributed by atoms with Crippen LogP contribution in [0.25, 0.3) is 15.9 Å². The molecule has 3 aromatic rings. The summed E-state index contributed by atoms with van der Waals surface area (Å²) in [6, 6.07) is 1.11. The first-order chi connectivity index (χ1) is 12.6. The van der Waals surface area contributed by atoms with Crippen molar-refractivity contribution in [3.05, 3.63) is 57.0 Å². The minimum atomic E-state index is -4.84. The van der Waals surface area contributed by atoms with Crippen LogP contribution in [-0.4, -0.2) is 22.1 Å². The lowest BCUT2D eigenvalue weighted by molar-refractivity contribution is -0.140. The fraction of sp³-hybridized carbons (Fsp3) is 0.188. The van der Waals surface area contributed by atoms with Crippen LogP contribution in [0.4, 0.5) is 22.0 Å². The van der Waals surface area contributed by atoms with E-state index >= 15 is 0 Å². The zero-order chi connectivity index (χ0) is 19.9. The van der Waals surface area contributed by atoms with Crippen LogP contribution in [0.5, 0.6) is 0 Å². The van der Waals surface area contributed by atoms with Gasteiger partial charge in [-0.1, -0.05) is 0 Å². The van der Waals surface area contributed by atoms with Gasteiger partial charge in [-0.05, 0) is 13.0 Å². The zero-order valence-electron chi connectivity index (χ0n) is 13.4. The number of pyridine rings is 1. The number of esters is 1. The molecule has 5 nitrogen and oxygen atoms in total. The van der Waals surface area contributed by atoms with Gasteiger partial charge in [-0.2, -0.15) is 13.2 Å². The Morgan fingerprint density at radius 1 is 1.26 bits per heavy atom. The molecule has 1 aromatic carbocycles. The van der Waals surface area contributed by atoms with Gasteiger partial charge in [0, 0.05) is 12.3 Å². The lowest BCUT2D eigenvalue weighted by Crippen LogP contribution is -2.21. The number of carbonyl (C=O) groups excluding carboxylic acids is 1. The maximum absolute atomic E-state index is 13.7. The zero-order valence-corrected chi connectivity index (χ0v) is 14.3. The largest absolute Gasteiger partial charge is 0.462 e. The van der Waals surface area contributed by atoms with Gasteiger partial charge in [-0.3, -0.25) is 4.79 Å². The molecular formula is C16H9F5N2O3S. The smallest absolute Gasteiger partial charge is 0.436 e. The summed E-state index contributed by atoms with van der Waals surface area (Å²) < 4.78 is 72.5. The summed E-state index contributed by atoms with van der Waals surface area (Å²) in [6.45, 7) is 1.37. The van der Waals surface area contributed by atoms with E-state index in [2.05, 4.69) is 4.98 Å². The third-order valence-electron chi connectivity index (χ3n) is 3.58. The molecule has 0 saturated heterocycles. The van der Waals surface area contributed by atoms with Crippen LogP contribution in [-0.2, 0) is 10.9 Å². The van der Waals surface area contributed by atoms with Gasteiger partial charge in [0.15, 0.2) is 17.3 Å². The number of rotatable bonds is 3. The number of ether oxygens (including phenoxy) is 1. The number of aromatic nitrogens is 2. The Balaban J connectivity index is 2.43. The second kappa shape index (κ2) is 6.72. The van der Waals surface area contributed by atoms with Crippen LogP contribution in [0.1, 0.15) is 23.0 Å². The normalized spacial score (nSPS) is 11.8. The number of hydrogen-bond acceptors (Lipinski definition) is 5. The van der Waals surface area contributed by atoms with Gasteiger partial charge in [0.2, 0.25) is 5.43 Å². The number of nitrogens with zero attached hydrogens (tertiary/aromatic N) is 2. The van der Waals surface area contributed by atoms with E-state index in [1.807, 2.05) is 0 Å². The van der Waals surface area contributed by atoms with Crippen molar-refractivity contribution in [1.82, 2.24) is 9.55 Å². The second-order valence-electron chi connectivity index (χ2n) is 5.25. The minimum Gasteiger partial charge on any atom is -0.462 e. The topological polar surface area (TPSA) is 61.2 Å². The average Bonchev–Trinajstić information content (AvgIpc) is 3.07. The van der Waals surface area contributed by atoms with Crippen LogP contribution in [0.15, 0.2) is 28.6 Å². The van der Waals surface area contributed by atoms with E-state index in [1.54, 1.807) is 0 Å². The maximum atomic E-state index is 13.7. The Labute approximate surface area is 151 Å². The van der Waals surface area contributed by atoms with Gasteiger partial charge in [-0.15, -0.1) is 11.3 Å². The second-order valence-corrected chi connectivity index (χ2v) is 6.08. The Bertz CT molecular complexity index is 1100. The highest BCUT2D eigenvalue weighted by Gasteiger charge is 2.37. The quantitative estimate of drug-likeness (QED) is 0.491. The monoisotopic (exact) mass is 404 g/mol. The number of benzene rings is 1. The minimum absolute atomic E-state index is 0.0948. The van der Waals surface area contributed by atoms with Gasteiger partial charge >= 0.3 is 12.1 Å². The van der Waals surface area contributed by atoms with E-state index < -0.39 is 50.9 Å². The van der Waals surface area contributed by atoms with Gasteiger partial charge in [-0.25, -0.2) is 18.6 Å². The van der Waals surface area contributed by atoms with Crippen LogP contribution >= 0.6 is 11.3 Å². The van der Waals surface area contributed by atoms with Crippen LogP contribution in [0.3, 0.4) is 0 Å². The van der Waals surface area contributed by atoms with Crippen molar-refractivity contribution in [3.63, 3.8) is 0 Å². The first kappa shape index (κ1) is 19.0. The van der Waals surface area contributed by atoms with E-state index in [-0.39, 0.29) is 12.1 Å². The van der Waals surface area contributed by atoms with E-state index in [0.29, 0.717) is 23.5 Å². The summed E-state index contributed by atoms with van der Waals surface area (Å²) in [5.74, 6) is -3.84. The number of fused-ring (bicyclic) bond motifs is 1. The molecule has 0 bridgehead atoms. The molecular weight excluding hydrogens is 395 g/mol. The molecule has 0 spiro atoms. The van der Waals surface area contributed by atoms with Crippen molar-refractivity contribution in [2.75, 3.05) is 6.61 Å². The number of hydrogen-bond donors (Lipinski definition) is 0. The Kier molecular flexibility index (Phi) is 4.72. The number of carbonyl (C=O) groups is 1. The molecule has 0 aliphatic rings. The number of halogens is 5. The molecule has 2 heterocycles. The summed E-state index contributed by atoms with van der Waals surface area (Å²) >= 11 is 0.556. The van der Waals surface area contributed by atoms with Gasteiger partial charge in [0.25, 0.3) is 0 Å². The van der Waals surface area contributed by atoms with Crippen LogP contribution in [0.2, 0.25) is 0 Å². The van der Waals surface area contributed by atoms with Crippen LogP contribution in [0, 0.1) is 11.6 Å². The predicted molar refractivity (Wildman–Crippen MR) is 86.1 cm³/mol. The van der Waals surface area contributed by atoms with Crippen molar-refractivity contribution in [3.8, 4) is 5.00 Å². The van der Waals surface area contributed by atoms with Crippen molar-refractivity contribution in [2.45, 2.75) is 13.1 Å². The SMILES string of the molecule is CCOC(=O)c1cn(-c2scnc2C(F)(F)F)c2cc(F)c(F)cc2c1=O. The van der Waals surface area contributed by atoms with Crippen molar-refractivity contribution >= 4 is 28.2 Å². The van der Waals surface area contributed by atoms with E-state index in [0.717, 1.165) is 16.3 Å². The molecule has 0 aliphatic heterocycles. The first-order valence-corrected chi connectivity index (χ1v) is 8.25. The molecule has 27 heavy (non-hydrogen) atoms. The molecule has 0 amide bonds. The number of alkyl halides is 3. The molecule has 0 N–H and O–H groups in total. The highest BCUT2D eigenvalue weighted by atomic mass is 32.1. The highest BCUT2D eigenvalue weighted by Crippen LogP contribution is 2.36. The highest BCUT2D eigenvalue weighted by molar-refractivity contribution is 7.12. The van der Waals surface area contributed by atoms with Crippen LogP contribution < -0.4 is 5.43 Å². The molecule has 0 saturated carbocycles. The van der Waals surface area contributed by atoms with Gasteiger partial charge < -0.3 is 9.30 Å². The lowest BCUT2D eigenvalue weighted by atomic mass is 10.1. The van der Waals surface area contributed by atoms with Crippen molar-refractivity contribution in [2.24, 2.45) is 0 Å². The Hall–Kier alpha value is -2.82. The summed E-state index contributed by atoms with van der Waals surface area (Å²) in [7, 11) is 0. The predicted octanol–water partition coefficient (Wildman–Crippen LogP) is 3.92. The van der Waals surface area contributed by atoms with E-state index in [1.165, 1.54) is 6.92 Å². The summed E-state index contributed by atoms with van der Waals surface area (Å²) in [6.07, 6.45) is -4.03. The van der Waals surface area contributed by atoms with Crippen molar-refractivity contribution < 1.29 is 31.5 Å². The van der Waals surface area contributed by atoms with Gasteiger partial charge in [0.05, 0.1) is 23.0 Å². The average molecular weight is 404 g/mol. The van der Waals surface area contributed by atoms with Crippen molar-refractivity contribution in [1.29, 1.82) is 0 Å². The molecule has 2 aromatic heterocycles. The molecule has 0 unspecified atom stereocenters. The summed E-state index contributed by atoms with van der Waals surface area (Å²) in [4.78, 5) is 27.8. The maximum Gasteiger partial charge on any atom is 0.436 e. The van der Waals surface area contributed by atoms with Gasteiger partial charge in [0.1, 0.15) is 10.6 Å². The van der Waals surface area contributed by atoms with E-state index in [4.69, 9.17) is 4.74 Å². The first-order valence-electron chi connectivity index (χ1n) is 7.37. The molecule has 0 aliphatic carbocycles. The molecule has 11 heteroatoms.